The van der Waals surface area contributed by atoms with Crippen LogP contribution in [0.25, 0.3) is 0 Å². The Labute approximate surface area is 157 Å². The minimum atomic E-state index is -0.456. The van der Waals surface area contributed by atoms with Gasteiger partial charge in [-0.3, -0.25) is 4.79 Å². The fourth-order valence-corrected chi connectivity index (χ4v) is 2.76. The van der Waals surface area contributed by atoms with E-state index in [1.165, 1.54) is 5.69 Å². The molecule has 1 atom stereocenters. The molecule has 0 bridgehead atoms. The lowest BCUT2D eigenvalue weighted by Gasteiger charge is -2.21. The van der Waals surface area contributed by atoms with Crippen molar-refractivity contribution in [1.29, 1.82) is 0 Å². The number of ether oxygens (including phenoxy) is 1. The molecule has 2 aromatic rings. The number of para-hydroxylation sites is 1. The molecular formula is C22H30N2O2. The molecule has 0 radical (unpaired) electrons. The van der Waals surface area contributed by atoms with E-state index in [1.54, 1.807) is 0 Å². The number of carbonyl (C=O) groups is 1. The van der Waals surface area contributed by atoms with Gasteiger partial charge in [0, 0.05) is 25.8 Å². The number of benzene rings is 2. The molecule has 26 heavy (non-hydrogen) atoms. The number of nitrogens with one attached hydrogen (secondary N) is 1. The van der Waals surface area contributed by atoms with Crippen LogP contribution >= 0.6 is 0 Å². The summed E-state index contributed by atoms with van der Waals surface area (Å²) in [7, 11) is 2.07. The summed E-state index contributed by atoms with van der Waals surface area (Å²) in [4.78, 5) is 14.6. The van der Waals surface area contributed by atoms with Crippen LogP contribution < -0.4 is 15.0 Å². The van der Waals surface area contributed by atoms with E-state index in [0.717, 1.165) is 29.8 Å². The third-order valence-electron chi connectivity index (χ3n) is 4.44. The van der Waals surface area contributed by atoms with Gasteiger partial charge in [-0.25, -0.2) is 0 Å². The summed E-state index contributed by atoms with van der Waals surface area (Å²) in [6.45, 7) is 7.52. The van der Waals surface area contributed by atoms with E-state index >= 15 is 0 Å². The normalized spacial score (nSPS) is 11.7. The second-order valence-electron chi connectivity index (χ2n) is 6.69. The molecule has 2 rings (SSSR count). The quantitative estimate of drug-likeness (QED) is 0.689. The lowest BCUT2D eigenvalue weighted by molar-refractivity contribution is -0.128. The third-order valence-corrected chi connectivity index (χ3v) is 4.44. The average molecular weight is 354 g/mol. The molecular weight excluding hydrogens is 324 g/mol. The first-order valence-electron chi connectivity index (χ1n) is 9.29. The first kappa shape index (κ1) is 19.8. The van der Waals surface area contributed by atoms with Crippen molar-refractivity contribution >= 4 is 11.6 Å². The van der Waals surface area contributed by atoms with E-state index in [1.807, 2.05) is 57.2 Å². The van der Waals surface area contributed by atoms with Gasteiger partial charge in [-0.15, -0.1) is 0 Å². The number of carbonyl (C=O) groups excluding carboxylic acids is 1. The van der Waals surface area contributed by atoms with Crippen LogP contribution in [0.15, 0.2) is 48.5 Å². The number of anilines is 1. The van der Waals surface area contributed by atoms with Gasteiger partial charge in [0.05, 0.1) is 0 Å². The highest BCUT2D eigenvalue weighted by molar-refractivity contribution is 5.81. The highest BCUT2D eigenvalue weighted by atomic mass is 16.5. The summed E-state index contributed by atoms with van der Waals surface area (Å²) in [5.74, 6) is 0.742. The first-order valence-corrected chi connectivity index (χ1v) is 9.29. The maximum atomic E-state index is 12.4. The maximum Gasteiger partial charge on any atom is 0.261 e. The van der Waals surface area contributed by atoms with Crippen molar-refractivity contribution in [2.24, 2.45) is 0 Å². The van der Waals surface area contributed by atoms with Crippen LogP contribution in [-0.2, 0) is 4.79 Å². The number of nitrogens with zero attached hydrogens (tertiary/aromatic N) is 1. The van der Waals surface area contributed by atoms with Gasteiger partial charge in [0.1, 0.15) is 5.75 Å². The summed E-state index contributed by atoms with van der Waals surface area (Å²) in [5.41, 5.74) is 3.36. The average Bonchev–Trinajstić information content (AvgIpc) is 2.66. The summed E-state index contributed by atoms with van der Waals surface area (Å²) < 4.78 is 5.96. The van der Waals surface area contributed by atoms with Crippen molar-refractivity contribution in [3.8, 4) is 5.75 Å². The summed E-state index contributed by atoms with van der Waals surface area (Å²) in [5, 5.41) is 3.00. The van der Waals surface area contributed by atoms with Crippen molar-refractivity contribution < 1.29 is 9.53 Å². The van der Waals surface area contributed by atoms with E-state index in [0.29, 0.717) is 13.0 Å². The Bertz CT molecular complexity index is 701. The van der Waals surface area contributed by atoms with Gasteiger partial charge in [0.25, 0.3) is 5.91 Å². The van der Waals surface area contributed by atoms with Gasteiger partial charge < -0.3 is 15.0 Å². The zero-order chi connectivity index (χ0) is 18.9. The van der Waals surface area contributed by atoms with E-state index in [4.69, 9.17) is 4.74 Å². The number of amides is 1. The molecule has 4 heteroatoms. The summed E-state index contributed by atoms with van der Waals surface area (Å²) in [6.07, 6.45) is 1.07. The molecule has 4 nitrogen and oxygen atoms in total. The van der Waals surface area contributed by atoms with Gasteiger partial charge in [0.2, 0.25) is 0 Å². The third kappa shape index (κ3) is 5.80. The highest BCUT2D eigenvalue weighted by Crippen LogP contribution is 2.21. The lowest BCUT2D eigenvalue weighted by Crippen LogP contribution is -2.39. The van der Waals surface area contributed by atoms with Crippen molar-refractivity contribution in [2.75, 3.05) is 25.0 Å². The predicted octanol–water partition coefficient (Wildman–Crippen LogP) is 4.10. The lowest BCUT2D eigenvalue weighted by atomic mass is 10.1. The molecule has 1 amide bonds. The standard InChI is InChI=1S/C22H30N2O2/c1-5-20(26-21-16-17(2)12-13-18(21)3)22(25)23-14-9-15-24(4)19-10-7-6-8-11-19/h6-8,10-13,16,20H,5,9,14-15H2,1-4H3,(H,23,25). The van der Waals surface area contributed by atoms with Gasteiger partial charge in [0.15, 0.2) is 6.10 Å². The van der Waals surface area contributed by atoms with Crippen molar-refractivity contribution in [3.05, 3.63) is 59.7 Å². The molecule has 0 spiro atoms. The van der Waals surface area contributed by atoms with Crippen LogP contribution in [-0.4, -0.2) is 32.1 Å². The molecule has 2 aromatic carbocycles. The molecule has 0 aromatic heterocycles. The number of hydrogen-bond donors (Lipinski definition) is 1. The Morgan fingerprint density at radius 1 is 1.15 bits per heavy atom. The van der Waals surface area contributed by atoms with Crippen LogP contribution in [0.2, 0.25) is 0 Å². The molecule has 0 heterocycles. The topological polar surface area (TPSA) is 41.6 Å². The zero-order valence-corrected chi connectivity index (χ0v) is 16.3. The Morgan fingerprint density at radius 3 is 2.58 bits per heavy atom. The van der Waals surface area contributed by atoms with E-state index in [9.17, 15) is 4.79 Å². The van der Waals surface area contributed by atoms with Gasteiger partial charge in [-0.05, 0) is 56.0 Å². The van der Waals surface area contributed by atoms with Crippen LogP contribution in [0.5, 0.6) is 5.75 Å². The maximum absolute atomic E-state index is 12.4. The Kier molecular flexibility index (Phi) is 7.52. The molecule has 0 saturated heterocycles. The number of rotatable bonds is 9. The number of hydrogen-bond acceptors (Lipinski definition) is 3. The zero-order valence-electron chi connectivity index (χ0n) is 16.3. The fourth-order valence-electron chi connectivity index (χ4n) is 2.76. The molecule has 0 aliphatic rings. The molecule has 140 valence electrons. The minimum Gasteiger partial charge on any atom is -0.480 e. The molecule has 0 aliphatic heterocycles. The molecule has 0 aliphatic carbocycles. The Hall–Kier alpha value is -2.49. The smallest absolute Gasteiger partial charge is 0.261 e. The van der Waals surface area contributed by atoms with E-state index in [-0.39, 0.29) is 5.91 Å². The van der Waals surface area contributed by atoms with Crippen molar-refractivity contribution in [3.63, 3.8) is 0 Å². The SMILES string of the molecule is CCC(Oc1cc(C)ccc1C)C(=O)NCCCN(C)c1ccccc1. The molecule has 0 saturated carbocycles. The van der Waals surface area contributed by atoms with Crippen LogP contribution in [0.1, 0.15) is 30.9 Å². The highest BCUT2D eigenvalue weighted by Gasteiger charge is 2.18. The number of aryl methyl sites for hydroxylation is 2. The van der Waals surface area contributed by atoms with E-state index in [2.05, 4.69) is 29.4 Å². The van der Waals surface area contributed by atoms with Gasteiger partial charge >= 0.3 is 0 Å². The van der Waals surface area contributed by atoms with E-state index < -0.39 is 6.10 Å². The second kappa shape index (κ2) is 9.85. The predicted molar refractivity (Wildman–Crippen MR) is 108 cm³/mol. The van der Waals surface area contributed by atoms with Gasteiger partial charge in [-0.2, -0.15) is 0 Å². The first-order chi connectivity index (χ1) is 12.5. The summed E-state index contributed by atoms with van der Waals surface area (Å²) in [6, 6.07) is 16.3. The van der Waals surface area contributed by atoms with Crippen molar-refractivity contribution in [2.45, 2.75) is 39.7 Å². The minimum absolute atomic E-state index is 0.0456. The Balaban J connectivity index is 1.79. The van der Waals surface area contributed by atoms with Crippen LogP contribution in [0.4, 0.5) is 5.69 Å². The second-order valence-corrected chi connectivity index (χ2v) is 6.69. The van der Waals surface area contributed by atoms with Crippen molar-refractivity contribution in [1.82, 2.24) is 5.32 Å². The largest absolute Gasteiger partial charge is 0.480 e. The fraction of sp³-hybridized carbons (Fsp3) is 0.409. The molecule has 0 fully saturated rings. The van der Waals surface area contributed by atoms with Crippen LogP contribution in [0.3, 0.4) is 0 Å². The van der Waals surface area contributed by atoms with Gasteiger partial charge in [-0.1, -0.05) is 37.3 Å². The summed E-state index contributed by atoms with van der Waals surface area (Å²) >= 11 is 0. The van der Waals surface area contributed by atoms with Crippen LogP contribution in [0, 0.1) is 13.8 Å². The Morgan fingerprint density at radius 2 is 1.88 bits per heavy atom. The molecule has 1 unspecified atom stereocenters. The monoisotopic (exact) mass is 354 g/mol. The molecule has 1 N–H and O–H groups in total.